The molecule has 2 amide bonds. The molecule has 27 heavy (non-hydrogen) atoms. The minimum atomic E-state index is -0.309. The summed E-state index contributed by atoms with van der Waals surface area (Å²) in [6, 6.07) is 9.54. The summed E-state index contributed by atoms with van der Waals surface area (Å²) in [5.74, 6) is 0.323. The number of benzene rings is 1. The van der Waals surface area contributed by atoms with Crippen LogP contribution in [-0.2, 0) is 4.74 Å². The summed E-state index contributed by atoms with van der Waals surface area (Å²) in [6.45, 7) is 5.43. The van der Waals surface area contributed by atoms with Gasteiger partial charge < -0.3 is 15.4 Å². The van der Waals surface area contributed by atoms with E-state index in [-0.39, 0.29) is 29.6 Å². The summed E-state index contributed by atoms with van der Waals surface area (Å²) in [7, 11) is 1.55. The van der Waals surface area contributed by atoms with Gasteiger partial charge in [-0.2, -0.15) is 5.10 Å². The molecule has 0 radical (unpaired) electrons. The summed E-state index contributed by atoms with van der Waals surface area (Å²) in [6.07, 6.45) is 0. The Hall–Kier alpha value is -2.67. The number of hydrogen-bond acceptors (Lipinski definition) is 4. The average molecular weight is 368 g/mol. The van der Waals surface area contributed by atoms with E-state index in [0.717, 1.165) is 11.1 Å². The second-order valence-corrected chi connectivity index (χ2v) is 7.34. The van der Waals surface area contributed by atoms with Gasteiger partial charge in [-0.15, -0.1) is 0 Å². The molecule has 7 heteroatoms. The minimum absolute atomic E-state index is 0.159. The highest BCUT2D eigenvalue weighted by Crippen LogP contribution is 2.44. The number of aromatic nitrogens is 2. The lowest BCUT2D eigenvalue weighted by Gasteiger charge is -2.18. The van der Waals surface area contributed by atoms with Crippen LogP contribution >= 0.6 is 0 Å². The van der Waals surface area contributed by atoms with Crippen molar-refractivity contribution in [3.8, 4) is 0 Å². The van der Waals surface area contributed by atoms with Crippen LogP contribution in [-0.4, -0.2) is 47.9 Å². The van der Waals surface area contributed by atoms with Crippen molar-refractivity contribution in [3.63, 3.8) is 0 Å². The summed E-state index contributed by atoms with van der Waals surface area (Å²) in [4.78, 5) is 25.0. The molecule has 1 aliphatic carbocycles. The molecule has 7 nitrogen and oxygen atoms in total. The van der Waals surface area contributed by atoms with Crippen molar-refractivity contribution in [1.82, 2.24) is 20.4 Å². The van der Waals surface area contributed by atoms with Crippen LogP contribution in [0.5, 0.6) is 0 Å². The Bertz CT molecular complexity index is 881. The molecule has 2 heterocycles. The number of carbonyl (C=O) groups is 2. The van der Waals surface area contributed by atoms with Gasteiger partial charge in [0.15, 0.2) is 5.69 Å². The summed E-state index contributed by atoms with van der Waals surface area (Å²) in [5.41, 5.74) is 2.81. The zero-order chi connectivity index (χ0) is 19.1. The number of nitrogens with one attached hydrogen (secondary N) is 2. The summed E-state index contributed by atoms with van der Waals surface area (Å²) >= 11 is 0. The molecule has 1 saturated carbocycles. The third-order valence-electron chi connectivity index (χ3n) is 5.68. The largest absolute Gasteiger partial charge is 0.381 e. The Labute approximate surface area is 158 Å². The topological polar surface area (TPSA) is 85.3 Å². The van der Waals surface area contributed by atoms with Crippen LogP contribution in [0.1, 0.15) is 45.1 Å². The van der Waals surface area contributed by atoms with E-state index in [1.165, 1.54) is 0 Å². The van der Waals surface area contributed by atoms with Gasteiger partial charge in [0.05, 0.1) is 19.3 Å². The lowest BCUT2D eigenvalue weighted by molar-refractivity contribution is 0.0915. The van der Waals surface area contributed by atoms with E-state index < -0.39 is 0 Å². The predicted octanol–water partition coefficient (Wildman–Crippen LogP) is 1.54. The molecule has 2 N–H and O–H groups in total. The Morgan fingerprint density at radius 3 is 2.59 bits per heavy atom. The molecular formula is C20H24N4O3. The van der Waals surface area contributed by atoms with Gasteiger partial charge in [-0.1, -0.05) is 24.3 Å². The fraction of sp³-hybridized carbons (Fsp3) is 0.450. The third kappa shape index (κ3) is 3.12. The maximum absolute atomic E-state index is 12.9. The molecule has 4 atom stereocenters. The molecule has 1 aromatic heterocycles. The molecule has 4 rings (SSSR count). The monoisotopic (exact) mass is 368 g/mol. The molecule has 2 aromatic rings. The summed E-state index contributed by atoms with van der Waals surface area (Å²) < 4.78 is 7.04. The first-order valence-corrected chi connectivity index (χ1v) is 9.27. The van der Waals surface area contributed by atoms with Gasteiger partial charge in [-0.05, 0) is 25.0 Å². The number of hydrogen-bond donors (Lipinski definition) is 2. The maximum atomic E-state index is 12.9. The van der Waals surface area contributed by atoms with Crippen molar-refractivity contribution < 1.29 is 14.3 Å². The van der Waals surface area contributed by atoms with Crippen molar-refractivity contribution in [2.75, 3.05) is 20.3 Å². The lowest BCUT2D eigenvalue weighted by Crippen LogP contribution is -2.32. The highest BCUT2D eigenvalue weighted by atomic mass is 16.5. The van der Waals surface area contributed by atoms with Crippen LogP contribution in [0.2, 0.25) is 0 Å². The van der Waals surface area contributed by atoms with Crippen molar-refractivity contribution >= 4 is 11.8 Å². The molecular weight excluding hydrogens is 344 g/mol. The lowest BCUT2D eigenvalue weighted by atomic mass is 10.0. The van der Waals surface area contributed by atoms with Crippen molar-refractivity contribution in [3.05, 3.63) is 52.8 Å². The normalized spacial score (nSPS) is 24.2. The zero-order valence-electron chi connectivity index (χ0n) is 15.7. The SMILES string of the molecule is CNC(=O)c1cc(C(=O)N[C@H]2[C@@H]3COC[C@@H]32)n([C@@H](C)c2ccccc2C)n1. The van der Waals surface area contributed by atoms with Crippen molar-refractivity contribution in [2.24, 2.45) is 11.8 Å². The summed E-state index contributed by atoms with van der Waals surface area (Å²) in [5, 5.41) is 10.1. The van der Waals surface area contributed by atoms with Crippen molar-refractivity contribution in [2.45, 2.75) is 25.9 Å². The van der Waals surface area contributed by atoms with Crippen LogP contribution in [0.25, 0.3) is 0 Å². The van der Waals surface area contributed by atoms with E-state index >= 15 is 0 Å². The van der Waals surface area contributed by atoms with E-state index in [9.17, 15) is 9.59 Å². The Kier molecular flexibility index (Phi) is 4.47. The van der Waals surface area contributed by atoms with E-state index in [0.29, 0.717) is 30.7 Å². The molecule has 1 aliphatic heterocycles. The number of ether oxygens (including phenoxy) is 1. The van der Waals surface area contributed by atoms with Crippen LogP contribution in [0.3, 0.4) is 0 Å². The second-order valence-electron chi connectivity index (χ2n) is 7.34. The van der Waals surface area contributed by atoms with E-state index in [4.69, 9.17) is 4.74 Å². The fourth-order valence-electron chi connectivity index (χ4n) is 3.96. The molecule has 0 bridgehead atoms. The van der Waals surface area contributed by atoms with Gasteiger partial charge in [0.1, 0.15) is 5.69 Å². The average Bonchev–Trinajstić information content (AvgIpc) is 3.08. The van der Waals surface area contributed by atoms with Gasteiger partial charge in [0.2, 0.25) is 0 Å². The van der Waals surface area contributed by atoms with Gasteiger partial charge in [-0.25, -0.2) is 0 Å². The van der Waals surface area contributed by atoms with Crippen LogP contribution in [0.4, 0.5) is 0 Å². The van der Waals surface area contributed by atoms with Gasteiger partial charge in [0.25, 0.3) is 11.8 Å². The first-order valence-electron chi connectivity index (χ1n) is 9.27. The number of rotatable bonds is 5. The van der Waals surface area contributed by atoms with Crippen LogP contribution in [0, 0.1) is 18.8 Å². The Balaban J connectivity index is 1.65. The number of carbonyl (C=O) groups excluding carboxylic acids is 2. The number of nitrogens with zero attached hydrogens (tertiary/aromatic N) is 2. The molecule has 2 fully saturated rings. The van der Waals surface area contributed by atoms with Crippen LogP contribution < -0.4 is 10.6 Å². The minimum Gasteiger partial charge on any atom is -0.381 e. The first kappa shape index (κ1) is 17.7. The highest BCUT2D eigenvalue weighted by Gasteiger charge is 2.55. The molecule has 142 valence electrons. The Morgan fingerprint density at radius 1 is 1.22 bits per heavy atom. The maximum Gasteiger partial charge on any atom is 0.271 e. The third-order valence-corrected chi connectivity index (χ3v) is 5.68. The van der Waals surface area contributed by atoms with Crippen molar-refractivity contribution in [1.29, 1.82) is 0 Å². The Morgan fingerprint density at radius 2 is 1.93 bits per heavy atom. The standard InChI is InChI=1S/C20H24N4O3/c1-11-6-4-5-7-13(11)12(2)24-17(8-16(23-24)19(25)21-3)20(26)22-18-14-9-27-10-15(14)18/h4-8,12,14-15,18H,9-10H2,1-3H3,(H,21,25)(H,22,26)/t12-,14-,15+,18+/m0/s1. The number of aryl methyl sites for hydroxylation is 1. The van der Waals surface area contributed by atoms with Crippen LogP contribution in [0.15, 0.2) is 30.3 Å². The van der Waals surface area contributed by atoms with E-state index in [1.54, 1.807) is 17.8 Å². The molecule has 1 aromatic carbocycles. The predicted molar refractivity (Wildman–Crippen MR) is 99.7 cm³/mol. The zero-order valence-corrected chi connectivity index (χ0v) is 15.7. The first-order chi connectivity index (χ1) is 13.0. The fourth-order valence-corrected chi connectivity index (χ4v) is 3.96. The molecule has 0 spiro atoms. The van der Waals surface area contributed by atoms with Gasteiger partial charge >= 0.3 is 0 Å². The van der Waals surface area contributed by atoms with Gasteiger partial charge in [0, 0.05) is 31.0 Å². The smallest absolute Gasteiger partial charge is 0.271 e. The quantitative estimate of drug-likeness (QED) is 0.838. The molecule has 0 unspecified atom stereocenters. The highest BCUT2D eigenvalue weighted by molar-refractivity contribution is 5.98. The van der Waals surface area contributed by atoms with E-state index in [2.05, 4.69) is 15.7 Å². The molecule has 2 aliphatic rings. The number of amides is 2. The molecule has 1 saturated heterocycles. The number of fused-ring (bicyclic) bond motifs is 1. The van der Waals surface area contributed by atoms with E-state index in [1.807, 2.05) is 38.1 Å². The second kappa shape index (κ2) is 6.81. The van der Waals surface area contributed by atoms with Gasteiger partial charge in [-0.3, -0.25) is 14.3 Å².